The van der Waals surface area contributed by atoms with Crippen molar-refractivity contribution in [2.24, 2.45) is 0 Å². The van der Waals surface area contributed by atoms with Crippen LogP contribution >= 0.6 is 23.1 Å². The highest BCUT2D eigenvalue weighted by Gasteiger charge is 2.23. The Morgan fingerprint density at radius 3 is 2.80 bits per heavy atom. The molecule has 1 aliphatic rings. The summed E-state index contributed by atoms with van der Waals surface area (Å²) in [6, 6.07) is 2.42. The molecule has 0 bridgehead atoms. The molecule has 1 N–H and O–H groups in total. The Morgan fingerprint density at radius 2 is 2.15 bits per heavy atom. The van der Waals surface area contributed by atoms with Gasteiger partial charge in [0.15, 0.2) is 0 Å². The van der Waals surface area contributed by atoms with Gasteiger partial charge in [0.25, 0.3) is 0 Å². The fraction of sp³-hybridized carbons (Fsp3) is 0.692. The van der Waals surface area contributed by atoms with Gasteiger partial charge in [-0.3, -0.25) is 0 Å². The molecule has 4 nitrogen and oxygen atoms in total. The van der Waals surface area contributed by atoms with Crippen molar-refractivity contribution in [2.75, 3.05) is 36.9 Å². The van der Waals surface area contributed by atoms with Gasteiger partial charge in [-0.1, -0.05) is 0 Å². The van der Waals surface area contributed by atoms with Crippen LogP contribution in [0.3, 0.4) is 0 Å². The molecule has 0 saturated carbocycles. The third kappa shape index (κ3) is 5.04. The lowest BCUT2D eigenvalue weighted by molar-refractivity contribution is 0.440. The van der Waals surface area contributed by atoms with Crippen LogP contribution in [0.5, 0.6) is 0 Å². The molecule has 0 aromatic carbocycles. The molecule has 7 heteroatoms. The van der Waals surface area contributed by atoms with Gasteiger partial charge in [-0.05, 0) is 35.7 Å². The molecule has 0 unspecified atom stereocenters. The van der Waals surface area contributed by atoms with Gasteiger partial charge < -0.3 is 5.32 Å². The Labute approximate surface area is 130 Å². The maximum absolute atomic E-state index is 12.2. The van der Waals surface area contributed by atoms with Crippen LogP contribution in [0.15, 0.2) is 16.8 Å². The summed E-state index contributed by atoms with van der Waals surface area (Å²) < 4.78 is 26.0. The first-order valence-electron chi connectivity index (χ1n) is 6.88. The van der Waals surface area contributed by atoms with Crippen molar-refractivity contribution in [3.05, 3.63) is 22.4 Å². The summed E-state index contributed by atoms with van der Waals surface area (Å²) in [5.74, 6) is 2.04. The van der Waals surface area contributed by atoms with E-state index >= 15 is 0 Å². The summed E-state index contributed by atoms with van der Waals surface area (Å²) >= 11 is 3.52. The van der Waals surface area contributed by atoms with E-state index in [2.05, 4.69) is 29.1 Å². The molecule has 0 amide bonds. The average molecular weight is 335 g/mol. The number of nitrogens with one attached hydrogen (secondary N) is 1. The summed E-state index contributed by atoms with van der Waals surface area (Å²) in [6.45, 7) is 3.95. The maximum atomic E-state index is 12.2. The Morgan fingerprint density at radius 1 is 1.40 bits per heavy atom. The van der Waals surface area contributed by atoms with Gasteiger partial charge >= 0.3 is 0 Å². The van der Waals surface area contributed by atoms with Crippen LogP contribution in [0.4, 0.5) is 0 Å². The van der Waals surface area contributed by atoms with Crippen LogP contribution < -0.4 is 5.32 Å². The second kappa shape index (κ2) is 7.79. The molecule has 114 valence electrons. The Hall–Kier alpha value is -0.0800. The Bertz CT molecular complexity index is 482. The lowest BCUT2D eigenvalue weighted by atomic mass is 10.1. The van der Waals surface area contributed by atoms with Gasteiger partial charge in [0.1, 0.15) is 0 Å². The van der Waals surface area contributed by atoms with Gasteiger partial charge in [-0.15, -0.1) is 0 Å². The summed E-state index contributed by atoms with van der Waals surface area (Å²) in [5, 5.41) is 7.52. The number of hydrogen-bond acceptors (Lipinski definition) is 5. The van der Waals surface area contributed by atoms with E-state index in [4.69, 9.17) is 0 Å². The van der Waals surface area contributed by atoms with Crippen molar-refractivity contribution >= 4 is 33.1 Å². The Balaban J connectivity index is 1.71. The largest absolute Gasteiger partial charge is 0.313 e. The number of rotatable bonds is 7. The molecule has 20 heavy (non-hydrogen) atoms. The number of nitrogens with zero attached hydrogens (tertiary/aromatic N) is 1. The van der Waals surface area contributed by atoms with Crippen LogP contribution in [0.2, 0.25) is 0 Å². The van der Waals surface area contributed by atoms with E-state index in [0.29, 0.717) is 25.7 Å². The van der Waals surface area contributed by atoms with E-state index in [0.717, 1.165) is 17.9 Å². The number of sulfonamides is 1. The maximum Gasteiger partial charge on any atom is 0.215 e. The van der Waals surface area contributed by atoms with E-state index in [9.17, 15) is 8.42 Å². The van der Waals surface area contributed by atoms with Gasteiger partial charge in [0.2, 0.25) is 10.0 Å². The van der Waals surface area contributed by atoms with Crippen LogP contribution in [0.1, 0.15) is 12.5 Å². The fourth-order valence-electron chi connectivity index (χ4n) is 2.22. The molecular weight excluding hydrogens is 312 g/mol. The minimum atomic E-state index is -3.08. The van der Waals surface area contributed by atoms with Crippen molar-refractivity contribution in [3.8, 4) is 0 Å². The van der Waals surface area contributed by atoms with Gasteiger partial charge in [-0.2, -0.15) is 23.1 Å². The highest BCUT2D eigenvalue weighted by atomic mass is 32.2. The zero-order valence-electron chi connectivity index (χ0n) is 11.7. The highest BCUT2D eigenvalue weighted by molar-refractivity contribution is 7.99. The summed E-state index contributed by atoms with van der Waals surface area (Å²) in [7, 11) is -3.08. The van der Waals surface area contributed by atoms with E-state index in [-0.39, 0.29) is 5.75 Å². The molecule has 1 fully saturated rings. The zero-order chi connectivity index (χ0) is 14.4. The minimum Gasteiger partial charge on any atom is -0.313 e. The van der Waals surface area contributed by atoms with Crippen molar-refractivity contribution in [2.45, 2.75) is 19.4 Å². The van der Waals surface area contributed by atoms with Crippen molar-refractivity contribution in [1.82, 2.24) is 9.62 Å². The lowest BCUT2D eigenvalue weighted by Gasteiger charge is -2.26. The van der Waals surface area contributed by atoms with Crippen LogP contribution in [0.25, 0.3) is 0 Å². The lowest BCUT2D eigenvalue weighted by Crippen LogP contribution is -2.42. The van der Waals surface area contributed by atoms with Gasteiger partial charge in [0.05, 0.1) is 5.75 Å². The van der Waals surface area contributed by atoms with Crippen LogP contribution in [-0.4, -0.2) is 55.7 Å². The second-order valence-electron chi connectivity index (χ2n) is 5.02. The highest BCUT2D eigenvalue weighted by Crippen LogP contribution is 2.13. The number of thioether (sulfide) groups is 1. The van der Waals surface area contributed by atoms with E-state index < -0.39 is 10.0 Å². The molecule has 1 aromatic rings. The summed E-state index contributed by atoms with van der Waals surface area (Å²) in [4.78, 5) is 0. The molecule has 0 radical (unpaired) electrons. The van der Waals surface area contributed by atoms with Gasteiger partial charge in [-0.25, -0.2) is 12.7 Å². The zero-order valence-corrected chi connectivity index (χ0v) is 14.2. The monoisotopic (exact) mass is 334 g/mol. The van der Waals surface area contributed by atoms with E-state index in [1.165, 1.54) is 5.56 Å². The average Bonchev–Trinajstić information content (AvgIpc) is 2.92. The van der Waals surface area contributed by atoms with E-state index in [1.807, 2.05) is 11.8 Å². The molecule has 1 atom stereocenters. The number of hydrogen-bond donors (Lipinski definition) is 1. The van der Waals surface area contributed by atoms with E-state index in [1.54, 1.807) is 15.6 Å². The van der Waals surface area contributed by atoms with Crippen molar-refractivity contribution in [3.63, 3.8) is 0 Å². The van der Waals surface area contributed by atoms with Crippen molar-refractivity contribution < 1.29 is 8.42 Å². The van der Waals surface area contributed by atoms with Gasteiger partial charge in [0, 0.05) is 37.2 Å². The Kier molecular flexibility index (Phi) is 6.35. The second-order valence-corrected chi connectivity index (χ2v) is 9.11. The first-order chi connectivity index (χ1) is 9.58. The first kappa shape index (κ1) is 16.3. The quantitative estimate of drug-likeness (QED) is 0.824. The fourth-order valence-corrected chi connectivity index (χ4v) is 5.41. The summed E-state index contributed by atoms with van der Waals surface area (Å²) in [5.41, 5.74) is 1.31. The standard InChI is InChI=1S/C13H22N2O2S3/c1-12(10-13-2-6-19-11-13)14-3-9-20(16,17)15-4-7-18-8-5-15/h2,6,11-12,14H,3-5,7-10H2,1H3/t12-/m1/s1. The third-order valence-corrected chi connectivity index (χ3v) is 6.88. The van der Waals surface area contributed by atoms with Crippen LogP contribution in [-0.2, 0) is 16.4 Å². The molecule has 0 spiro atoms. The smallest absolute Gasteiger partial charge is 0.215 e. The molecule has 2 heterocycles. The molecule has 2 rings (SSSR count). The topological polar surface area (TPSA) is 49.4 Å². The molecule has 0 aliphatic carbocycles. The van der Waals surface area contributed by atoms with Crippen LogP contribution in [0, 0.1) is 0 Å². The SMILES string of the molecule is C[C@H](Cc1ccsc1)NCCS(=O)(=O)N1CCSCC1. The predicted octanol–water partition coefficient (Wildman–Crippen LogP) is 1.65. The van der Waals surface area contributed by atoms with Crippen molar-refractivity contribution in [1.29, 1.82) is 0 Å². The molecule has 1 saturated heterocycles. The number of thiophene rings is 1. The minimum absolute atomic E-state index is 0.200. The first-order valence-corrected chi connectivity index (χ1v) is 10.6. The third-order valence-electron chi connectivity index (χ3n) is 3.34. The predicted molar refractivity (Wildman–Crippen MR) is 88.2 cm³/mol. The molecule has 1 aliphatic heterocycles. The molecule has 1 aromatic heterocycles. The molecular formula is C13H22N2O2S3. The normalized spacial score (nSPS) is 19.1. The summed E-state index contributed by atoms with van der Waals surface area (Å²) in [6.07, 6.45) is 0.948.